The van der Waals surface area contributed by atoms with Crippen LogP contribution in [0.1, 0.15) is 40.8 Å². The molecule has 1 aliphatic carbocycles. The predicted octanol–water partition coefficient (Wildman–Crippen LogP) is 1.82. The van der Waals surface area contributed by atoms with Crippen molar-refractivity contribution in [2.24, 2.45) is 0 Å². The van der Waals surface area contributed by atoms with Gasteiger partial charge in [0.1, 0.15) is 11.6 Å². The fraction of sp³-hybridized carbons (Fsp3) is 0.438. The van der Waals surface area contributed by atoms with E-state index in [-0.39, 0.29) is 5.91 Å². The third-order valence-electron chi connectivity index (χ3n) is 4.35. The molecule has 2 aliphatic rings. The Bertz CT molecular complexity index is 703. The summed E-state index contributed by atoms with van der Waals surface area (Å²) in [5, 5.41) is 8.58. The standard InChI is InChI=1S/C16H18N4O2/c1-22-13-6-4-12(5-7-13)16(21)19-8-9-20-14(10-19)17-18-15(20)11-2-3-11/h4-7,11H,2-3,8-10H2,1H3. The zero-order chi connectivity index (χ0) is 15.1. The summed E-state index contributed by atoms with van der Waals surface area (Å²) in [6.07, 6.45) is 2.43. The Morgan fingerprint density at radius 1 is 1.18 bits per heavy atom. The molecule has 1 saturated carbocycles. The molecule has 2 heterocycles. The summed E-state index contributed by atoms with van der Waals surface area (Å²) in [7, 11) is 1.62. The highest BCUT2D eigenvalue weighted by Gasteiger charge is 2.32. The number of ether oxygens (including phenoxy) is 1. The van der Waals surface area contributed by atoms with E-state index in [0.29, 0.717) is 24.6 Å². The van der Waals surface area contributed by atoms with Gasteiger partial charge in [0.2, 0.25) is 0 Å². The first-order chi connectivity index (χ1) is 10.8. The number of amides is 1. The average molecular weight is 298 g/mol. The fourth-order valence-electron chi connectivity index (χ4n) is 2.91. The third-order valence-corrected chi connectivity index (χ3v) is 4.35. The van der Waals surface area contributed by atoms with Crippen molar-refractivity contribution in [1.82, 2.24) is 19.7 Å². The van der Waals surface area contributed by atoms with E-state index in [1.165, 1.54) is 12.8 Å². The fourth-order valence-corrected chi connectivity index (χ4v) is 2.91. The lowest BCUT2D eigenvalue weighted by Gasteiger charge is -2.28. The molecule has 4 rings (SSSR count). The van der Waals surface area contributed by atoms with Crippen LogP contribution in [0, 0.1) is 0 Å². The van der Waals surface area contributed by atoms with Crippen LogP contribution in [-0.2, 0) is 13.1 Å². The molecule has 114 valence electrons. The summed E-state index contributed by atoms with van der Waals surface area (Å²) >= 11 is 0. The second kappa shape index (κ2) is 5.12. The summed E-state index contributed by atoms with van der Waals surface area (Å²) in [6.45, 7) is 2.02. The smallest absolute Gasteiger partial charge is 0.254 e. The van der Waals surface area contributed by atoms with E-state index in [0.717, 1.165) is 23.9 Å². The van der Waals surface area contributed by atoms with Crippen LogP contribution in [0.5, 0.6) is 5.75 Å². The Balaban J connectivity index is 1.52. The van der Waals surface area contributed by atoms with Crippen molar-refractivity contribution in [3.63, 3.8) is 0 Å². The molecule has 1 amide bonds. The van der Waals surface area contributed by atoms with Crippen LogP contribution in [0.2, 0.25) is 0 Å². The van der Waals surface area contributed by atoms with E-state index in [1.807, 2.05) is 17.0 Å². The minimum absolute atomic E-state index is 0.0323. The van der Waals surface area contributed by atoms with E-state index in [9.17, 15) is 4.79 Å². The largest absolute Gasteiger partial charge is 0.497 e. The quantitative estimate of drug-likeness (QED) is 0.867. The molecular formula is C16H18N4O2. The molecule has 1 aliphatic heterocycles. The number of carbonyl (C=O) groups excluding carboxylic acids is 1. The summed E-state index contributed by atoms with van der Waals surface area (Å²) < 4.78 is 7.32. The van der Waals surface area contributed by atoms with Crippen molar-refractivity contribution in [2.45, 2.75) is 31.8 Å². The molecule has 0 radical (unpaired) electrons. The zero-order valence-corrected chi connectivity index (χ0v) is 12.5. The first-order valence-electron chi connectivity index (χ1n) is 7.61. The summed E-state index contributed by atoms with van der Waals surface area (Å²) in [5.41, 5.74) is 0.677. The second-order valence-electron chi connectivity index (χ2n) is 5.86. The molecule has 6 nitrogen and oxygen atoms in total. The van der Waals surface area contributed by atoms with Crippen LogP contribution in [0.15, 0.2) is 24.3 Å². The lowest BCUT2D eigenvalue weighted by molar-refractivity contribution is 0.0706. The van der Waals surface area contributed by atoms with Crippen LogP contribution in [0.3, 0.4) is 0 Å². The molecule has 0 unspecified atom stereocenters. The molecule has 0 spiro atoms. The maximum absolute atomic E-state index is 12.6. The minimum Gasteiger partial charge on any atom is -0.497 e. The van der Waals surface area contributed by atoms with Gasteiger partial charge in [-0.1, -0.05) is 0 Å². The molecule has 0 bridgehead atoms. The summed E-state index contributed by atoms with van der Waals surface area (Å²) in [5.74, 6) is 3.38. The van der Waals surface area contributed by atoms with E-state index in [4.69, 9.17) is 4.74 Å². The molecule has 0 atom stereocenters. The molecule has 1 aromatic heterocycles. The average Bonchev–Trinajstić information content (AvgIpc) is 3.33. The van der Waals surface area contributed by atoms with Crippen LogP contribution >= 0.6 is 0 Å². The summed E-state index contributed by atoms with van der Waals surface area (Å²) in [6, 6.07) is 7.22. The lowest BCUT2D eigenvalue weighted by Crippen LogP contribution is -2.38. The van der Waals surface area contributed by atoms with Gasteiger partial charge < -0.3 is 14.2 Å². The van der Waals surface area contributed by atoms with Crippen molar-refractivity contribution in [3.8, 4) is 5.75 Å². The maximum Gasteiger partial charge on any atom is 0.254 e. The number of nitrogens with zero attached hydrogens (tertiary/aromatic N) is 4. The third kappa shape index (κ3) is 2.24. The van der Waals surface area contributed by atoms with E-state index in [1.54, 1.807) is 19.2 Å². The monoisotopic (exact) mass is 298 g/mol. The number of hydrogen-bond donors (Lipinski definition) is 0. The zero-order valence-electron chi connectivity index (χ0n) is 12.5. The first kappa shape index (κ1) is 13.3. The van der Waals surface area contributed by atoms with Gasteiger partial charge in [-0.3, -0.25) is 4.79 Å². The molecule has 2 aromatic rings. The van der Waals surface area contributed by atoms with E-state index in [2.05, 4.69) is 14.8 Å². The van der Waals surface area contributed by atoms with E-state index >= 15 is 0 Å². The highest BCUT2D eigenvalue weighted by molar-refractivity contribution is 5.94. The van der Waals surface area contributed by atoms with Gasteiger partial charge in [0.15, 0.2) is 5.82 Å². The van der Waals surface area contributed by atoms with Crippen LogP contribution < -0.4 is 4.74 Å². The van der Waals surface area contributed by atoms with Crippen molar-refractivity contribution in [2.75, 3.05) is 13.7 Å². The molecular weight excluding hydrogens is 280 g/mol. The van der Waals surface area contributed by atoms with Gasteiger partial charge in [-0.2, -0.15) is 0 Å². The van der Waals surface area contributed by atoms with Gasteiger partial charge in [0.25, 0.3) is 5.91 Å². The number of methoxy groups -OCH3 is 1. The van der Waals surface area contributed by atoms with Crippen LogP contribution in [0.4, 0.5) is 0 Å². The molecule has 6 heteroatoms. The van der Waals surface area contributed by atoms with Crippen molar-refractivity contribution in [3.05, 3.63) is 41.5 Å². The van der Waals surface area contributed by atoms with Gasteiger partial charge in [0.05, 0.1) is 13.7 Å². The molecule has 1 fully saturated rings. The molecule has 1 aromatic carbocycles. The van der Waals surface area contributed by atoms with Gasteiger partial charge in [0, 0.05) is 24.6 Å². The minimum atomic E-state index is 0.0323. The number of hydrogen-bond acceptors (Lipinski definition) is 4. The number of benzene rings is 1. The molecule has 22 heavy (non-hydrogen) atoms. The van der Waals surface area contributed by atoms with Crippen LogP contribution in [-0.4, -0.2) is 39.2 Å². The predicted molar refractivity (Wildman–Crippen MR) is 79.7 cm³/mol. The topological polar surface area (TPSA) is 60.2 Å². The van der Waals surface area contributed by atoms with Gasteiger partial charge in [-0.05, 0) is 37.1 Å². The van der Waals surface area contributed by atoms with Crippen molar-refractivity contribution >= 4 is 5.91 Å². The summed E-state index contributed by atoms with van der Waals surface area (Å²) in [4.78, 5) is 14.4. The Labute approximate surface area is 128 Å². The van der Waals surface area contributed by atoms with Crippen molar-refractivity contribution < 1.29 is 9.53 Å². The highest BCUT2D eigenvalue weighted by atomic mass is 16.5. The number of fused-ring (bicyclic) bond motifs is 1. The Kier molecular flexibility index (Phi) is 3.10. The van der Waals surface area contributed by atoms with Crippen molar-refractivity contribution in [1.29, 1.82) is 0 Å². The highest BCUT2D eigenvalue weighted by Crippen LogP contribution is 2.39. The lowest BCUT2D eigenvalue weighted by atomic mass is 10.1. The Morgan fingerprint density at radius 2 is 1.95 bits per heavy atom. The Morgan fingerprint density at radius 3 is 2.64 bits per heavy atom. The van der Waals surface area contributed by atoms with Gasteiger partial charge >= 0.3 is 0 Å². The van der Waals surface area contributed by atoms with E-state index < -0.39 is 0 Å². The number of rotatable bonds is 3. The Hall–Kier alpha value is -2.37. The number of aromatic nitrogens is 3. The maximum atomic E-state index is 12.6. The molecule has 0 saturated heterocycles. The van der Waals surface area contributed by atoms with Gasteiger partial charge in [-0.15, -0.1) is 10.2 Å². The van der Waals surface area contributed by atoms with Gasteiger partial charge in [-0.25, -0.2) is 0 Å². The SMILES string of the molecule is COc1ccc(C(=O)N2CCn3c(nnc3C3CC3)C2)cc1. The first-order valence-corrected chi connectivity index (χ1v) is 7.61. The second-order valence-corrected chi connectivity index (χ2v) is 5.86. The van der Waals surface area contributed by atoms with Crippen LogP contribution in [0.25, 0.3) is 0 Å². The normalized spacial score (nSPS) is 17.2. The molecule has 0 N–H and O–H groups in total. The number of carbonyl (C=O) groups is 1.